The van der Waals surface area contributed by atoms with Crippen molar-refractivity contribution in [1.82, 2.24) is 30.1 Å². The van der Waals surface area contributed by atoms with Gasteiger partial charge in [0.05, 0.1) is 35.9 Å². The number of aromatic amines is 2. The van der Waals surface area contributed by atoms with E-state index in [4.69, 9.17) is 10.5 Å². The van der Waals surface area contributed by atoms with Gasteiger partial charge in [-0.2, -0.15) is 5.10 Å². The van der Waals surface area contributed by atoms with Crippen molar-refractivity contribution in [2.24, 2.45) is 0 Å². The zero-order valence-corrected chi connectivity index (χ0v) is 18.0. The number of pyridine rings is 3. The van der Waals surface area contributed by atoms with Gasteiger partial charge in [0.15, 0.2) is 0 Å². The van der Waals surface area contributed by atoms with Crippen LogP contribution in [0, 0.1) is 5.82 Å². The molecule has 0 spiro atoms. The van der Waals surface area contributed by atoms with E-state index in [0.717, 1.165) is 44.5 Å². The quantitative estimate of drug-likeness (QED) is 0.349. The predicted octanol–water partition coefficient (Wildman–Crippen LogP) is 4.96. The van der Waals surface area contributed by atoms with E-state index in [1.54, 1.807) is 30.9 Å². The molecule has 34 heavy (non-hydrogen) atoms. The van der Waals surface area contributed by atoms with E-state index in [1.165, 1.54) is 19.2 Å². The maximum absolute atomic E-state index is 14.2. The summed E-state index contributed by atoms with van der Waals surface area (Å²) in [4.78, 5) is 16.5. The molecule has 0 aliphatic heterocycles. The lowest BCUT2D eigenvalue weighted by atomic mass is 10.0. The third-order valence-electron chi connectivity index (χ3n) is 5.71. The Morgan fingerprint density at radius 2 is 1.85 bits per heavy atom. The van der Waals surface area contributed by atoms with Gasteiger partial charge in [0.1, 0.15) is 22.9 Å². The molecule has 9 heteroatoms. The maximum Gasteiger partial charge on any atom is 0.138 e. The van der Waals surface area contributed by atoms with Gasteiger partial charge in [0.25, 0.3) is 0 Å². The third-order valence-corrected chi connectivity index (χ3v) is 5.71. The third kappa shape index (κ3) is 3.30. The average molecular weight is 451 g/mol. The largest absolute Gasteiger partial charge is 0.497 e. The van der Waals surface area contributed by atoms with Gasteiger partial charge in [0.2, 0.25) is 0 Å². The number of nitrogens with one attached hydrogen (secondary N) is 2. The van der Waals surface area contributed by atoms with E-state index in [2.05, 4.69) is 30.1 Å². The van der Waals surface area contributed by atoms with E-state index in [0.29, 0.717) is 22.6 Å². The van der Waals surface area contributed by atoms with Crippen molar-refractivity contribution >= 4 is 27.6 Å². The van der Waals surface area contributed by atoms with Crippen LogP contribution in [0.5, 0.6) is 5.75 Å². The molecule has 5 aromatic heterocycles. The molecular weight excluding hydrogens is 433 g/mol. The van der Waals surface area contributed by atoms with Crippen molar-refractivity contribution in [3.8, 4) is 39.5 Å². The second-order valence-electron chi connectivity index (χ2n) is 7.88. The highest BCUT2D eigenvalue weighted by Gasteiger charge is 2.16. The molecule has 0 unspecified atom stereocenters. The molecule has 0 aliphatic carbocycles. The molecule has 4 N–H and O–H groups in total. The number of ether oxygens (including phenoxy) is 1. The Morgan fingerprint density at radius 3 is 2.71 bits per heavy atom. The van der Waals surface area contributed by atoms with Gasteiger partial charge in [-0.05, 0) is 47.5 Å². The van der Waals surface area contributed by atoms with E-state index in [-0.39, 0.29) is 5.82 Å². The maximum atomic E-state index is 14.2. The minimum Gasteiger partial charge on any atom is -0.497 e. The lowest BCUT2D eigenvalue weighted by molar-refractivity contribution is 0.411. The number of nitrogen functional groups attached to an aromatic ring is 1. The second kappa shape index (κ2) is 7.66. The molecule has 166 valence electrons. The lowest BCUT2D eigenvalue weighted by Gasteiger charge is -2.06. The van der Waals surface area contributed by atoms with Gasteiger partial charge >= 0.3 is 0 Å². The highest BCUT2D eigenvalue weighted by atomic mass is 19.1. The molecule has 6 aromatic rings. The number of rotatable bonds is 4. The van der Waals surface area contributed by atoms with Crippen molar-refractivity contribution in [3.63, 3.8) is 0 Å². The molecule has 0 radical (unpaired) electrons. The number of aromatic nitrogens is 6. The topological polar surface area (TPSA) is 118 Å². The van der Waals surface area contributed by atoms with Crippen LogP contribution in [-0.2, 0) is 0 Å². The van der Waals surface area contributed by atoms with E-state index < -0.39 is 0 Å². The van der Waals surface area contributed by atoms with Gasteiger partial charge in [-0.15, -0.1) is 0 Å². The number of anilines is 1. The van der Waals surface area contributed by atoms with Crippen LogP contribution < -0.4 is 10.5 Å². The first-order valence-electron chi connectivity index (χ1n) is 10.5. The Labute approximate surface area is 192 Å². The van der Waals surface area contributed by atoms with Crippen LogP contribution in [0.3, 0.4) is 0 Å². The SMILES string of the molecule is COc1cc(F)cc(-c2ccnc3[nH]c(-c4n[nH]c5cnc(-c6cncc(N)c6)cc45)cc23)c1. The predicted molar refractivity (Wildman–Crippen MR) is 129 cm³/mol. The summed E-state index contributed by atoms with van der Waals surface area (Å²) in [6.07, 6.45) is 6.73. The van der Waals surface area contributed by atoms with Gasteiger partial charge in [0, 0.05) is 41.0 Å². The van der Waals surface area contributed by atoms with Crippen molar-refractivity contribution in [2.45, 2.75) is 0 Å². The standard InChI is InChI=1S/C25H18FN7O/c1-34-17-6-13(4-15(26)7-17)18-2-3-29-25-19(18)8-22(31-25)24-20-9-21(30-12-23(20)32-33-24)14-5-16(27)11-28-10-14/h2-12H,27H2,1H3,(H,29,31)(H,32,33). The molecule has 1 aromatic carbocycles. The zero-order valence-electron chi connectivity index (χ0n) is 18.0. The van der Waals surface area contributed by atoms with E-state index in [9.17, 15) is 4.39 Å². The summed E-state index contributed by atoms with van der Waals surface area (Å²) < 4.78 is 19.4. The van der Waals surface area contributed by atoms with Crippen molar-refractivity contribution in [3.05, 3.63) is 73.1 Å². The summed E-state index contributed by atoms with van der Waals surface area (Å²) in [7, 11) is 1.51. The average Bonchev–Trinajstić information content (AvgIpc) is 3.47. The molecule has 0 atom stereocenters. The van der Waals surface area contributed by atoms with Crippen molar-refractivity contribution < 1.29 is 9.13 Å². The number of hydrogen-bond acceptors (Lipinski definition) is 6. The fourth-order valence-electron chi connectivity index (χ4n) is 4.12. The summed E-state index contributed by atoms with van der Waals surface area (Å²) in [6.45, 7) is 0. The van der Waals surface area contributed by atoms with Crippen LogP contribution in [0.2, 0.25) is 0 Å². The van der Waals surface area contributed by atoms with Crippen molar-refractivity contribution in [1.29, 1.82) is 0 Å². The van der Waals surface area contributed by atoms with Crippen molar-refractivity contribution in [2.75, 3.05) is 12.8 Å². The number of methoxy groups -OCH3 is 1. The highest BCUT2D eigenvalue weighted by molar-refractivity contribution is 6.00. The Morgan fingerprint density at radius 1 is 0.941 bits per heavy atom. The smallest absolute Gasteiger partial charge is 0.138 e. The zero-order chi connectivity index (χ0) is 23.2. The van der Waals surface area contributed by atoms with Gasteiger partial charge < -0.3 is 15.5 Å². The number of hydrogen-bond donors (Lipinski definition) is 3. The van der Waals surface area contributed by atoms with Crippen LogP contribution in [0.25, 0.3) is 55.7 Å². The van der Waals surface area contributed by atoms with Crippen LogP contribution in [0.15, 0.2) is 67.3 Å². The molecule has 0 aliphatic rings. The van der Waals surface area contributed by atoms with Crippen LogP contribution >= 0.6 is 0 Å². The molecule has 0 amide bonds. The minimum atomic E-state index is -0.371. The minimum absolute atomic E-state index is 0.371. The number of nitrogens with zero attached hydrogens (tertiary/aromatic N) is 4. The highest BCUT2D eigenvalue weighted by Crippen LogP contribution is 2.35. The molecule has 0 saturated heterocycles. The fourth-order valence-corrected chi connectivity index (χ4v) is 4.12. The van der Waals surface area contributed by atoms with Gasteiger partial charge in [-0.25, -0.2) is 9.37 Å². The number of halogens is 1. The Bertz CT molecular complexity index is 1690. The Kier molecular flexibility index (Phi) is 4.48. The first-order valence-corrected chi connectivity index (χ1v) is 10.5. The molecule has 0 saturated carbocycles. The molecular formula is C25H18FN7O. The number of H-pyrrole nitrogens is 2. The summed E-state index contributed by atoms with van der Waals surface area (Å²) >= 11 is 0. The molecule has 8 nitrogen and oxygen atoms in total. The van der Waals surface area contributed by atoms with Crippen LogP contribution in [0.4, 0.5) is 10.1 Å². The summed E-state index contributed by atoms with van der Waals surface area (Å²) in [6, 6.07) is 12.2. The molecule has 6 rings (SSSR count). The number of fused-ring (bicyclic) bond motifs is 2. The van der Waals surface area contributed by atoms with Gasteiger partial charge in [-0.3, -0.25) is 15.1 Å². The Hall–Kier alpha value is -4.79. The van der Waals surface area contributed by atoms with Gasteiger partial charge in [-0.1, -0.05) is 0 Å². The first kappa shape index (κ1) is 19.9. The summed E-state index contributed by atoms with van der Waals surface area (Å²) in [5.74, 6) is 0.0783. The summed E-state index contributed by atoms with van der Waals surface area (Å²) in [5, 5.41) is 9.27. The summed E-state index contributed by atoms with van der Waals surface area (Å²) in [5.41, 5.74) is 12.5. The monoisotopic (exact) mass is 451 g/mol. The van der Waals surface area contributed by atoms with Crippen LogP contribution in [-0.4, -0.2) is 37.2 Å². The van der Waals surface area contributed by atoms with Crippen LogP contribution in [0.1, 0.15) is 0 Å². The normalized spacial score (nSPS) is 11.4. The number of benzene rings is 1. The fraction of sp³-hybridized carbons (Fsp3) is 0.0400. The second-order valence-corrected chi connectivity index (χ2v) is 7.88. The Balaban J connectivity index is 1.50. The molecule has 0 bridgehead atoms. The van der Waals surface area contributed by atoms with E-state index in [1.807, 2.05) is 24.3 Å². The van der Waals surface area contributed by atoms with E-state index >= 15 is 0 Å². The molecule has 5 heterocycles. The first-order chi connectivity index (χ1) is 16.6. The number of nitrogens with two attached hydrogens (primary N) is 1. The molecule has 0 fully saturated rings. The lowest BCUT2D eigenvalue weighted by Crippen LogP contribution is -1.89.